The summed E-state index contributed by atoms with van der Waals surface area (Å²) in [5.74, 6) is 1.76. The van der Waals surface area contributed by atoms with Gasteiger partial charge in [0.15, 0.2) is 0 Å². The summed E-state index contributed by atoms with van der Waals surface area (Å²) in [6.07, 6.45) is 5.64. The fourth-order valence-corrected chi connectivity index (χ4v) is 7.60. The van der Waals surface area contributed by atoms with Crippen LogP contribution < -0.4 is 4.74 Å². The summed E-state index contributed by atoms with van der Waals surface area (Å²) in [6, 6.07) is 9.55. The van der Waals surface area contributed by atoms with Gasteiger partial charge in [0.2, 0.25) is 0 Å². The summed E-state index contributed by atoms with van der Waals surface area (Å²) in [4.78, 5) is 18.2. The van der Waals surface area contributed by atoms with Crippen LogP contribution in [0.2, 0.25) is 5.02 Å². The molecular formula is C28H35ClN2O4S2. The van der Waals surface area contributed by atoms with Crippen LogP contribution in [0.5, 0.6) is 5.75 Å². The van der Waals surface area contributed by atoms with Gasteiger partial charge in [0.1, 0.15) is 5.75 Å². The summed E-state index contributed by atoms with van der Waals surface area (Å²) in [7, 11) is 1.63. The number of aliphatic carboxylic acids is 1. The number of methoxy groups -OCH3 is 1. The summed E-state index contributed by atoms with van der Waals surface area (Å²) >= 11 is 9.70. The minimum Gasteiger partial charge on any atom is -0.497 e. The molecule has 2 aromatic heterocycles. The number of likely N-dealkylation sites (tertiary alicyclic amines) is 1. The third-order valence-electron chi connectivity index (χ3n) is 7.29. The Morgan fingerprint density at radius 1 is 1.30 bits per heavy atom. The Hall–Kier alpha value is -1.84. The van der Waals surface area contributed by atoms with E-state index in [1.54, 1.807) is 24.6 Å². The second-order valence-corrected chi connectivity index (χ2v) is 12.4. The molecule has 1 saturated heterocycles. The molecule has 1 aromatic carbocycles. The molecule has 3 atom stereocenters. The smallest absolute Gasteiger partial charge is 0.303 e. The number of hydrogen-bond donors (Lipinski definition) is 2. The van der Waals surface area contributed by atoms with E-state index in [9.17, 15) is 15.0 Å². The van der Waals surface area contributed by atoms with Crippen molar-refractivity contribution < 1.29 is 19.7 Å². The Kier molecular flexibility index (Phi) is 10.5. The third kappa shape index (κ3) is 7.83. The van der Waals surface area contributed by atoms with E-state index in [0.29, 0.717) is 24.7 Å². The van der Waals surface area contributed by atoms with Gasteiger partial charge in [0.05, 0.1) is 28.0 Å². The lowest BCUT2D eigenvalue weighted by molar-refractivity contribution is -0.137. The molecule has 6 nitrogen and oxygen atoms in total. The highest BCUT2D eigenvalue weighted by molar-refractivity contribution is 8.01. The Morgan fingerprint density at radius 3 is 2.92 bits per heavy atom. The predicted octanol–water partition coefficient (Wildman–Crippen LogP) is 6.76. The maximum atomic E-state index is 11.3. The number of hydrogen-bond acceptors (Lipinski definition) is 7. The van der Waals surface area contributed by atoms with Crippen molar-refractivity contribution in [3.05, 3.63) is 52.5 Å². The monoisotopic (exact) mass is 562 g/mol. The molecule has 3 aromatic rings. The minimum atomic E-state index is -0.739. The van der Waals surface area contributed by atoms with Crippen LogP contribution in [0, 0.1) is 11.8 Å². The predicted molar refractivity (Wildman–Crippen MR) is 152 cm³/mol. The number of carbonyl (C=O) groups is 1. The van der Waals surface area contributed by atoms with E-state index in [1.165, 1.54) is 4.21 Å². The first-order valence-corrected chi connectivity index (χ1v) is 15.1. The summed E-state index contributed by atoms with van der Waals surface area (Å²) in [6.45, 7) is 2.96. The van der Waals surface area contributed by atoms with Crippen LogP contribution in [0.25, 0.3) is 10.9 Å². The molecule has 3 heterocycles. The molecule has 1 aliphatic heterocycles. The standard InChI is InChI=1S/C28H35ClN2O4S2/c1-35-21-5-6-25-23(17-21)22(9-12-30-25)26(32)7-3-19-10-14-31(18-20(19)4-8-27(33)34)13-2-15-36-28-24(29)11-16-37-28/h5-6,9,11-12,16-17,19-20,26,32H,2-4,7-8,10,13-15,18H2,1H3,(H,33,34)/t19-,20+,26?/m1/s1. The maximum absolute atomic E-state index is 11.3. The highest BCUT2D eigenvalue weighted by Crippen LogP contribution is 2.36. The maximum Gasteiger partial charge on any atom is 0.303 e. The normalized spacial score (nSPS) is 19.2. The van der Waals surface area contributed by atoms with Gasteiger partial charge in [-0.15, -0.1) is 23.1 Å². The summed E-state index contributed by atoms with van der Waals surface area (Å²) in [5, 5.41) is 24.2. The largest absolute Gasteiger partial charge is 0.497 e. The van der Waals surface area contributed by atoms with Gasteiger partial charge in [0, 0.05) is 30.3 Å². The van der Waals surface area contributed by atoms with Crippen molar-refractivity contribution in [1.82, 2.24) is 9.88 Å². The Labute approximate surface area is 232 Å². The molecule has 2 N–H and O–H groups in total. The van der Waals surface area contributed by atoms with E-state index in [0.717, 1.165) is 71.9 Å². The lowest BCUT2D eigenvalue weighted by atomic mass is 9.79. The molecule has 0 amide bonds. The number of piperidine rings is 1. The molecule has 9 heteroatoms. The molecule has 0 radical (unpaired) electrons. The molecule has 0 spiro atoms. The number of fused-ring (bicyclic) bond motifs is 1. The van der Waals surface area contributed by atoms with E-state index >= 15 is 0 Å². The van der Waals surface area contributed by atoms with Crippen molar-refractivity contribution in [1.29, 1.82) is 0 Å². The number of benzene rings is 1. The van der Waals surface area contributed by atoms with Gasteiger partial charge in [-0.1, -0.05) is 11.6 Å². The fourth-order valence-electron chi connectivity index (χ4n) is 5.30. The van der Waals surface area contributed by atoms with Gasteiger partial charge in [-0.05, 0) is 98.3 Å². The van der Waals surface area contributed by atoms with Crippen LogP contribution in [0.15, 0.2) is 46.1 Å². The Bertz CT molecular complexity index is 1170. The second-order valence-electron chi connectivity index (χ2n) is 9.68. The highest BCUT2D eigenvalue weighted by atomic mass is 35.5. The Morgan fingerprint density at radius 2 is 2.16 bits per heavy atom. The number of carboxylic acid groups (broad SMARTS) is 1. The first-order chi connectivity index (χ1) is 17.9. The zero-order valence-electron chi connectivity index (χ0n) is 21.1. The number of aliphatic hydroxyl groups is 1. The number of ether oxygens (including phenoxy) is 1. The second kappa shape index (κ2) is 13.8. The first kappa shape index (κ1) is 28.2. The molecule has 4 rings (SSSR count). The molecule has 37 heavy (non-hydrogen) atoms. The van der Waals surface area contributed by atoms with E-state index in [4.69, 9.17) is 16.3 Å². The van der Waals surface area contributed by atoms with E-state index in [1.807, 2.05) is 47.5 Å². The van der Waals surface area contributed by atoms with E-state index < -0.39 is 12.1 Å². The molecule has 0 saturated carbocycles. The lowest BCUT2D eigenvalue weighted by Crippen LogP contribution is -2.41. The quantitative estimate of drug-likeness (QED) is 0.176. The van der Waals surface area contributed by atoms with E-state index in [-0.39, 0.29) is 6.42 Å². The van der Waals surface area contributed by atoms with Crippen molar-refractivity contribution in [2.24, 2.45) is 11.8 Å². The molecule has 1 unspecified atom stereocenters. The van der Waals surface area contributed by atoms with Crippen molar-refractivity contribution in [3.8, 4) is 5.75 Å². The summed E-state index contributed by atoms with van der Waals surface area (Å²) < 4.78 is 6.55. The molecule has 1 fully saturated rings. The molecule has 1 aliphatic rings. The van der Waals surface area contributed by atoms with Gasteiger partial charge in [-0.2, -0.15) is 0 Å². The van der Waals surface area contributed by atoms with Crippen LogP contribution in [-0.2, 0) is 4.79 Å². The SMILES string of the molecule is COc1ccc2nccc(C(O)CC[C@@H]3CCN(CCCSc4sccc4Cl)C[C@@H]3CCC(=O)O)c2c1. The van der Waals surface area contributed by atoms with Gasteiger partial charge < -0.3 is 19.8 Å². The number of halogens is 1. The van der Waals surface area contributed by atoms with Crippen molar-refractivity contribution in [3.63, 3.8) is 0 Å². The van der Waals surface area contributed by atoms with Crippen LogP contribution in [0.3, 0.4) is 0 Å². The highest BCUT2D eigenvalue weighted by Gasteiger charge is 2.30. The minimum absolute atomic E-state index is 0.194. The first-order valence-electron chi connectivity index (χ1n) is 12.8. The molecule has 0 aliphatic carbocycles. The van der Waals surface area contributed by atoms with Gasteiger partial charge >= 0.3 is 5.97 Å². The number of nitrogens with zero attached hydrogens (tertiary/aromatic N) is 2. The van der Waals surface area contributed by atoms with Crippen LogP contribution in [0.4, 0.5) is 0 Å². The average Bonchev–Trinajstić information content (AvgIpc) is 3.32. The van der Waals surface area contributed by atoms with Gasteiger partial charge in [-0.3, -0.25) is 9.78 Å². The van der Waals surface area contributed by atoms with Crippen molar-refractivity contribution >= 4 is 51.6 Å². The van der Waals surface area contributed by atoms with Crippen LogP contribution in [0.1, 0.15) is 50.2 Å². The van der Waals surface area contributed by atoms with E-state index in [2.05, 4.69) is 9.88 Å². The zero-order chi connectivity index (χ0) is 26.2. The number of pyridine rings is 1. The topological polar surface area (TPSA) is 82.9 Å². The third-order valence-corrected chi connectivity index (χ3v) is 10.2. The number of carboxylic acids is 1. The Balaban J connectivity index is 1.32. The van der Waals surface area contributed by atoms with Gasteiger partial charge in [-0.25, -0.2) is 0 Å². The lowest BCUT2D eigenvalue weighted by Gasteiger charge is -2.39. The molecule has 200 valence electrons. The number of aliphatic hydroxyl groups excluding tert-OH is 1. The van der Waals surface area contributed by atoms with Crippen molar-refractivity contribution in [2.75, 3.05) is 32.5 Å². The summed E-state index contributed by atoms with van der Waals surface area (Å²) in [5.41, 5.74) is 1.70. The fraction of sp³-hybridized carbons (Fsp3) is 0.500. The number of rotatable bonds is 13. The molecular weight excluding hydrogens is 528 g/mol. The van der Waals surface area contributed by atoms with Gasteiger partial charge in [0.25, 0.3) is 0 Å². The van der Waals surface area contributed by atoms with Crippen molar-refractivity contribution in [2.45, 2.75) is 48.8 Å². The molecule has 0 bridgehead atoms. The van der Waals surface area contributed by atoms with Crippen LogP contribution in [-0.4, -0.2) is 58.6 Å². The number of thiophene rings is 1. The van der Waals surface area contributed by atoms with Crippen LogP contribution >= 0.6 is 34.7 Å². The zero-order valence-corrected chi connectivity index (χ0v) is 23.5. The average molecular weight is 563 g/mol. The number of aromatic nitrogens is 1. The number of thioether (sulfide) groups is 1.